The van der Waals surface area contributed by atoms with Crippen LogP contribution in [0.15, 0.2) is 18.2 Å². The van der Waals surface area contributed by atoms with Gasteiger partial charge in [0.05, 0.1) is 23.7 Å². The zero-order valence-electron chi connectivity index (χ0n) is 18.0. The molecule has 31 heavy (non-hydrogen) atoms. The number of fused-ring (bicyclic) bond motifs is 1. The summed E-state index contributed by atoms with van der Waals surface area (Å²) in [5.74, 6) is 0.204. The summed E-state index contributed by atoms with van der Waals surface area (Å²) in [5.41, 5.74) is 1.66. The lowest BCUT2D eigenvalue weighted by Crippen LogP contribution is -2.52. The van der Waals surface area contributed by atoms with Crippen LogP contribution in [0.2, 0.25) is 0 Å². The van der Waals surface area contributed by atoms with Gasteiger partial charge in [-0.3, -0.25) is 29.5 Å². The van der Waals surface area contributed by atoms with Gasteiger partial charge in [0.25, 0.3) is 5.69 Å². The van der Waals surface area contributed by atoms with Gasteiger partial charge in [-0.15, -0.1) is 0 Å². The molecular formula is C22H31N5O4. The van der Waals surface area contributed by atoms with E-state index in [2.05, 4.69) is 9.80 Å². The molecule has 4 rings (SSSR count). The Bertz CT molecular complexity index is 829. The molecule has 2 fully saturated rings. The minimum Gasteiger partial charge on any atom is -0.342 e. The molecule has 1 aromatic rings. The van der Waals surface area contributed by atoms with Gasteiger partial charge < -0.3 is 9.80 Å². The van der Waals surface area contributed by atoms with Crippen LogP contribution in [-0.4, -0.2) is 90.3 Å². The molecule has 3 aliphatic heterocycles. The summed E-state index contributed by atoms with van der Waals surface area (Å²) in [6, 6.07) is 4.76. The van der Waals surface area contributed by atoms with Crippen LogP contribution in [0.5, 0.6) is 0 Å². The van der Waals surface area contributed by atoms with Crippen LogP contribution in [0.3, 0.4) is 0 Å². The molecule has 9 nitrogen and oxygen atoms in total. The Labute approximate surface area is 182 Å². The van der Waals surface area contributed by atoms with Crippen LogP contribution in [0.25, 0.3) is 0 Å². The molecule has 1 aromatic carbocycles. The summed E-state index contributed by atoms with van der Waals surface area (Å²) in [7, 11) is 0. The van der Waals surface area contributed by atoms with Crippen molar-refractivity contribution in [2.24, 2.45) is 0 Å². The fraction of sp³-hybridized carbons (Fsp3) is 0.636. The molecule has 0 atom stereocenters. The zero-order chi connectivity index (χ0) is 21.8. The number of carbonyl (C=O) groups is 2. The second-order valence-electron chi connectivity index (χ2n) is 8.71. The van der Waals surface area contributed by atoms with Gasteiger partial charge in [-0.1, -0.05) is 18.9 Å². The number of anilines is 1. The maximum absolute atomic E-state index is 12.9. The van der Waals surface area contributed by atoms with Crippen LogP contribution in [0, 0.1) is 10.1 Å². The molecule has 168 valence electrons. The van der Waals surface area contributed by atoms with E-state index >= 15 is 0 Å². The number of hydrogen-bond acceptors (Lipinski definition) is 6. The predicted molar refractivity (Wildman–Crippen MR) is 117 cm³/mol. The molecule has 2 saturated heterocycles. The summed E-state index contributed by atoms with van der Waals surface area (Å²) < 4.78 is 0. The van der Waals surface area contributed by atoms with Crippen molar-refractivity contribution in [3.63, 3.8) is 0 Å². The van der Waals surface area contributed by atoms with Crippen LogP contribution in [-0.2, 0) is 16.0 Å². The number of non-ortho nitro benzene ring substituents is 1. The Morgan fingerprint density at radius 3 is 2.06 bits per heavy atom. The van der Waals surface area contributed by atoms with E-state index in [-0.39, 0.29) is 17.5 Å². The summed E-state index contributed by atoms with van der Waals surface area (Å²) in [6.07, 6.45) is 5.36. The molecule has 0 bridgehead atoms. The maximum atomic E-state index is 12.9. The lowest BCUT2D eigenvalue weighted by atomic mass is 10.1. The third-order valence-electron chi connectivity index (χ3n) is 6.62. The molecular weight excluding hydrogens is 398 g/mol. The smallest absolute Gasteiger partial charge is 0.271 e. The van der Waals surface area contributed by atoms with Gasteiger partial charge in [0.1, 0.15) is 0 Å². The first-order valence-corrected chi connectivity index (χ1v) is 11.3. The predicted octanol–water partition coefficient (Wildman–Crippen LogP) is 1.50. The second-order valence-corrected chi connectivity index (χ2v) is 8.71. The average molecular weight is 430 g/mol. The van der Waals surface area contributed by atoms with E-state index in [1.165, 1.54) is 25.0 Å². The first-order chi connectivity index (χ1) is 15.0. The summed E-state index contributed by atoms with van der Waals surface area (Å²) >= 11 is 0. The molecule has 0 saturated carbocycles. The fourth-order valence-electron chi connectivity index (χ4n) is 4.73. The van der Waals surface area contributed by atoms with Gasteiger partial charge in [-0.25, -0.2) is 0 Å². The molecule has 0 aliphatic carbocycles. The molecule has 0 radical (unpaired) electrons. The van der Waals surface area contributed by atoms with Gasteiger partial charge in [0.2, 0.25) is 11.8 Å². The highest BCUT2D eigenvalue weighted by atomic mass is 16.6. The number of rotatable bonds is 5. The standard InChI is InChI=1S/C22H31N5O4/c28-21(25-8-3-1-2-4-9-25)16-23-11-13-24(14-12-23)17-22(29)26-10-7-18-5-6-19(27(30)31)15-20(18)26/h5-6,15H,1-4,7-14,16-17H2. The number of nitro benzene ring substituents is 1. The van der Waals surface area contributed by atoms with Crippen molar-refractivity contribution in [1.82, 2.24) is 14.7 Å². The Hall–Kier alpha value is -2.52. The van der Waals surface area contributed by atoms with Crippen molar-refractivity contribution >= 4 is 23.2 Å². The van der Waals surface area contributed by atoms with Gasteiger partial charge >= 0.3 is 0 Å². The van der Waals surface area contributed by atoms with Crippen LogP contribution in [0.1, 0.15) is 31.2 Å². The number of carbonyl (C=O) groups excluding carboxylic acids is 2. The number of nitro groups is 1. The quantitative estimate of drug-likeness (QED) is 0.521. The van der Waals surface area contributed by atoms with E-state index in [1.54, 1.807) is 11.0 Å². The SMILES string of the molecule is O=C(CN1CCN(CC(=O)N2CCc3ccc([N+](=O)[O-])cc32)CC1)N1CCCCCC1. The van der Waals surface area contributed by atoms with Gasteiger partial charge in [-0.05, 0) is 24.8 Å². The summed E-state index contributed by atoms with van der Waals surface area (Å²) in [6.45, 7) is 6.12. The number of hydrogen-bond donors (Lipinski definition) is 0. The van der Waals surface area contributed by atoms with Crippen LogP contribution < -0.4 is 4.90 Å². The minimum atomic E-state index is -0.423. The molecule has 0 aromatic heterocycles. The van der Waals surface area contributed by atoms with E-state index in [4.69, 9.17) is 0 Å². The van der Waals surface area contributed by atoms with E-state index in [0.717, 1.165) is 64.1 Å². The molecule has 3 heterocycles. The van der Waals surface area contributed by atoms with Crippen LogP contribution in [0.4, 0.5) is 11.4 Å². The topological polar surface area (TPSA) is 90.2 Å². The number of nitrogens with zero attached hydrogens (tertiary/aromatic N) is 5. The lowest BCUT2D eigenvalue weighted by molar-refractivity contribution is -0.384. The van der Waals surface area contributed by atoms with Crippen molar-refractivity contribution in [3.8, 4) is 0 Å². The Morgan fingerprint density at radius 1 is 0.839 bits per heavy atom. The molecule has 0 unspecified atom stereocenters. The molecule has 0 spiro atoms. The molecule has 9 heteroatoms. The Balaban J connectivity index is 1.26. The number of likely N-dealkylation sites (tertiary alicyclic amines) is 1. The zero-order valence-corrected chi connectivity index (χ0v) is 18.0. The first kappa shape index (κ1) is 21.7. The van der Waals surface area contributed by atoms with E-state index in [0.29, 0.717) is 25.3 Å². The third-order valence-corrected chi connectivity index (χ3v) is 6.62. The molecule has 2 amide bonds. The largest absolute Gasteiger partial charge is 0.342 e. The van der Waals surface area contributed by atoms with Crippen molar-refractivity contribution in [2.45, 2.75) is 32.1 Å². The maximum Gasteiger partial charge on any atom is 0.271 e. The minimum absolute atomic E-state index is 0.0149. The summed E-state index contributed by atoms with van der Waals surface area (Å²) in [4.78, 5) is 44.1. The van der Waals surface area contributed by atoms with Crippen molar-refractivity contribution < 1.29 is 14.5 Å². The summed E-state index contributed by atoms with van der Waals surface area (Å²) in [5, 5.41) is 11.1. The van der Waals surface area contributed by atoms with Crippen molar-refractivity contribution in [1.29, 1.82) is 0 Å². The highest BCUT2D eigenvalue weighted by Crippen LogP contribution is 2.31. The number of piperazine rings is 1. The van der Waals surface area contributed by atoms with Gasteiger partial charge in [0.15, 0.2) is 0 Å². The Kier molecular flexibility index (Phi) is 6.82. The van der Waals surface area contributed by atoms with E-state index < -0.39 is 4.92 Å². The van der Waals surface area contributed by atoms with E-state index in [9.17, 15) is 19.7 Å². The lowest BCUT2D eigenvalue weighted by Gasteiger charge is -2.35. The monoisotopic (exact) mass is 429 g/mol. The van der Waals surface area contributed by atoms with Crippen molar-refractivity contribution in [2.75, 3.05) is 63.8 Å². The number of benzene rings is 1. The average Bonchev–Trinajstić information content (AvgIpc) is 2.99. The van der Waals surface area contributed by atoms with E-state index in [1.807, 2.05) is 4.90 Å². The van der Waals surface area contributed by atoms with Gasteiger partial charge in [-0.2, -0.15) is 0 Å². The molecule has 3 aliphatic rings. The van der Waals surface area contributed by atoms with Crippen LogP contribution >= 0.6 is 0 Å². The van der Waals surface area contributed by atoms with Gasteiger partial charge in [0, 0.05) is 57.9 Å². The second kappa shape index (κ2) is 9.74. The highest BCUT2D eigenvalue weighted by Gasteiger charge is 2.29. The molecule has 0 N–H and O–H groups in total. The normalized spacial score (nSPS) is 20.4. The third kappa shape index (κ3) is 5.22. The fourth-order valence-corrected chi connectivity index (χ4v) is 4.73. The Morgan fingerprint density at radius 2 is 1.45 bits per heavy atom. The number of amides is 2. The first-order valence-electron chi connectivity index (χ1n) is 11.3. The van der Waals surface area contributed by atoms with Crippen molar-refractivity contribution in [3.05, 3.63) is 33.9 Å². The highest BCUT2D eigenvalue weighted by molar-refractivity contribution is 5.97.